The number of rotatable bonds is 7. The Bertz CT molecular complexity index is 802. The molecule has 8 heteroatoms. The first-order valence-corrected chi connectivity index (χ1v) is 10.6. The van der Waals surface area contributed by atoms with Gasteiger partial charge in [0.05, 0.1) is 11.5 Å². The molecule has 1 aromatic rings. The van der Waals surface area contributed by atoms with Crippen LogP contribution in [0.25, 0.3) is 6.08 Å². The summed E-state index contributed by atoms with van der Waals surface area (Å²) < 4.78 is 41.2. The fourth-order valence-electron chi connectivity index (χ4n) is 2.87. The van der Waals surface area contributed by atoms with Crippen LogP contribution in [-0.2, 0) is 24.2 Å². The summed E-state index contributed by atoms with van der Waals surface area (Å²) in [4.78, 5) is 25.8. The number of amides is 1. The number of sulfone groups is 1. The second-order valence-electron chi connectivity index (χ2n) is 6.99. The van der Waals surface area contributed by atoms with Gasteiger partial charge in [0.2, 0.25) is 0 Å². The highest BCUT2D eigenvalue weighted by atomic mass is 32.2. The summed E-state index contributed by atoms with van der Waals surface area (Å²) in [5, 5.41) is 0. The van der Waals surface area contributed by atoms with E-state index in [2.05, 4.69) is 0 Å². The number of benzene rings is 1. The molecule has 1 fully saturated rings. The molecule has 1 aliphatic heterocycles. The molecule has 1 aliphatic rings. The lowest BCUT2D eigenvalue weighted by molar-refractivity contribution is -0.149. The molecule has 0 saturated carbocycles. The molecule has 1 aromatic carbocycles. The standard InChI is InChI=1S/C19H24FNO5S/c1-14(2)11-21(17-9-10-27(24,25)13-17)18(22)12-26-19(23)8-5-15-3-6-16(20)7-4-15/h3-8,14,17H,9-13H2,1-2H3/b8-5+. The topological polar surface area (TPSA) is 80.8 Å². The third-order valence-electron chi connectivity index (χ3n) is 4.15. The smallest absolute Gasteiger partial charge is 0.331 e. The third-order valence-corrected chi connectivity index (χ3v) is 5.90. The lowest BCUT2D eigenvalue weighted by Crippen LogP contribution is -2.45. The van der Waals surface area contributed by atoms with Gasteiger partial charge < -0.3 is 9.64 Å². The monoisotopic (exact) mass is 397 g/mol. The Balaban J connectivity index is 1.92. The van der Waals surface area contributed by atoms with E-state index in [1.165, 1.54) is 35.2 Å². The minimum absolute atomic E-state index is 0.0517. The van der Waals surface area contributed by atoms with Crippen molar-refractivity contribution in [2.75, 3.05) is 24.7 Å². The Morgan fingerprint density at radius 3 is 2.52 bits per heavy atom. The van der Waals surface area contributed by atoms with Gasteiger partial charge in [-0.3, -0.25) is 4.79 Å². The van der Waals surface area contributed by atoms with E-state index in [4.69, 9.17) is 4.74 Å². The summed E-state index contributed by atoms with van der Waals surface area (Å²) in [5.74, 6) is -1.31. The molecule has 0 bridgehead atoms. The van der Waals surface area contributed by atoms with E-state index in [-0.39, 0.29) is 29.3 Å². The predicted octanol–water partition coefficient (Wildman–Crippen LogP) is 2.05. The van der Waals surface area contributed by atoms with Gasteiger partial charge in [-0.05, 0) is 36.1 Å². The van der Waals surface area contributed by atoms with E-state index < -0.39 is 28.3 Å². The number of carbonyl (C=O) groups excluding carboxylic acids is 2. The molecule has 0 radical (unpaired) electrons. The molecule has 1 atom stereocenters. The van der Waals surface area contributed by atoms with Gasteiger partial charge in [0, 0.05) is 18.7 Å². The van der Waals surface area contributed by atoms with Gasteiger partial charge in [0.25, 0.3) is 5.91 Å². The van der Waals surface area contributed by atoms with Gasteiger partial charge in [-0.25, -0.2) is 17.6 Å². The SMILES string of the molecule is CC(C)CN(C(=O)COC(=O)/C=C/c1ccc(F)cc1)C1CCS(=O)(=O)C1. The molecule has 1 amide bonds. The van der Waals surface area contributed by atoms with Gasteiger partial charge in [0.15, 0.2) is 16.4 Å². The maximum Gasteiger partial charge on any atom is 0.331 e. The van der Waals surface area contributed by atoms with Gasteiger partial charge in [-0.2, -0.15) is 0 Å². The normalized spacial score (nSPS) is 18.7. The zero-order chi connectivity index (χ0) is 20.0. The van der Waals surface area contributed by atoms with Crippen LogP contribution in [0.5, 0.6) is 0 Å². The van der Waals surface area contributed by atoms with E-state index in [1.807, 2.05) is 13.8 Å². The first-order chi connectivity index (χ1) is 12.7. The van der Waals surface area contributed by atoms with Crippen molar-refractivity contribution in [1.82, 2.24) is 4.90 Å². The molecule has 0 N–H and O–H groups in total. The van der Waals surface area contributed by atoms with Crippen LogP contribution < -0.4 is 0 Å². The molecule has 148 valence electrons. The first kappa shape index (κ1) is 21.1. The summed E-state index contributed by atoms with van der Waals surface area (Å²) in [5.41, 5.74) is 0.622. The number of halogens is 1. The highest BCUT2D eigenvalue weighted by Gasteiger charge is 2.35. The summed E-state index contributed by atoms with van der Waals surface area (Å²) in [6.07, 6.45) is 3.02. The quantitative estimate of drug-likeness (QED) is 0.520. The summed E-state index contributed by atoms with van der Waals surface area (Å²) in [7, 11) is -3.12. The molecule has 0 spiro atoms. The van der Waals surface area contributed by atoms with Crippen molar-refractivity contribution in [3.8, 4) is 0 Å². The van der Waals surface area contributed by atoms with Crippen molar-refractivity contribution in [2.45, 2.75) is 26.3 Å². The van der Waals surface area contributed by atoms with E-state index in [0.29, 0.717) is 18.5 Å². The Kier molecular flexibility index (Phi) is 7.12. The van der Waals surface area contributed by atoms with Gasteiger partial charge >= 0.3 is 5.97 Å². The van der Waals surface area contributed by atoms with E-state index in [0.717, 1.165) is 6.08 Å². The highest BCUT2D eigenvalue weighted by molar-refractivity contribution is 7.91. The van der Waals surface area contributed by atoms with E-state index in [1.54, 1.807) is 0 Å². The minimum atomic E-state index is -3.12. The van der Waals surface area contributed by atoms with E-state index in [9.17, 15) is 22.4 Å². The predicted molar refractivity (Wildman–Crippen MR) is 100 cm³/mol. The van der Waals surface area contributed by atoms with Crippen LogP contribution in [0.3, 0.4) is 0 Å². The van der Waals surface area contributed by atoms with Crippen LogP contribution >= 0.6 is 0 Å². The fraction of sp³-hybridized carbons (Fsp3) is 0.474. The van der Waals surface area contributed by atoms with Crippen LogP contribution in [0.1, 0.15) is 25.8 Å². The van der Waals surface area contributed by atoms with Crippen molar-refractivity contribution < 1.29 is 27.1 Å². The van der Waals surface area contributed by atoms with Gasteiger partial charge in [-0.15, -0.1) is 0 Å². The summed E-state index contributed by atoms with van der Waals surface area (Å²) >= 11 is 0. The van der Waals surface area contributed by atoms with E-state index >= 15 is 0 Å². The van der Waals surface area contributed by atoms with Crippen LogP contribution in [0.2, 0.25) is 0 Å². The van der Waals surface area contributed by atoms with Crippen molar-refractivity contribution in [2.24, 2.45) is 5.92 Å². The largest absolute Gasteiger partial charge is 0.452 e. The van der Waals surface area contributed by atoms with Crippen molar-refractivity contribution in [1.29, 1.82) is 0 Å². The van der Waals surface area contributed by atoms with Crippen molar-refractivity contribution >= 4 is 27.8 Å². The molecule has 0 aliphatic carbocycles. The molecular formula is C19H24FNO5S. The average molecular weight is 397 g/mol. The molecule has 1 heterocycles. The zero-order valence-corrected chi connectivity index (χ0v) is 16.2. The lowest BCUT2D eigenvalue weighted by Gasteiger charge is -2.29. The zero-order valence-electron chi connectivity index (χ0n) is 15.4. The Hall–Kier alpha value is -2.22. The Labute approximate surface area is 158 Å². The Morgan fingerprint density at radius 1 is 1.30 bits per heavy atom. The van der Waals surface area contributed by atoms with Crippen molar-refractivity contribution in [3.05, 3.63) is 41.7 Å². The molecule has 1 saturated heterocycles. The number of esters is 1. The van der Waals surface area contributed by atoms with Crippen molar-refractivity contribution in [3.63, 3.8) is 0 Å². The number of hydrogen-bond donors (Lipinski definition) is 0. The second kappa shape index (κ2) is 9.12. The Morgan fingerprint density at radius 2 is 1.96 bits per heavy atom. The average Bonchev–Trinajstić information content (AvgIpc) is 2.96. The van der Waals surface area contributed by atoms with Crippen LogP contribution in [0.4, 0.5) is 4.39 Å². The number of hydrogen-bond acceptors (Lipinski definition) is 5. The molecule has 2 rings (SSSR count). The molecule has 6 nitrogen and oxygen atoms in total. The summed E-state index contributed by atoms with van der Waals surface area (Å²) in [6.45, 7) is 3.82. The second-order valence-corrected chi connectivity index (χ2v) is 9.22. The lowest BCUT2D eigenvalue weighted by atomic mass is 10.1. The molecular weight excluding hydrogens is 373 g/mol. The maximum atomic E-state index is 12.8. The highest BCUT2D eigenvalue weighted by Crippen LogP contribution is 2.19. The molecule has 27 heavy (non-hydrogen) atoms. The fourth-order valence-corrected chi connectivity index (χ4v) is 4.60. The molecule has 1 unspecified atom stereocenters. The van der Waals surface area contributed by atoms with Crippen LogP contribution in [0, 0.1) is 11.7 Å². The minimum Gasteiger partial charge on any atom is -0.452 e. The maximum absolute atomic E-state index is 12.8. The molecule has 0 aromatic heterocycles. The third kappa shape index (κ3) is 6.78. The van der Waals surface area contributed by atoms with Crippen LogP contribution in [0.15, 0.2) is 30.3 Å². The van der Waals surface area contributed by atoms with Crippen LogP contribution in [-0.4, -0.2) is 55.9 Å². The number of ether oxygens (including phenoxy) is 1. The summed E-state index contributed by atoms with van der Waals surface area (Å²) in [6, 6.07) is 5.19. The number of carbonyl (C=O) groups is 2. The number of nitrogens with zero attached hydrogens (tertiary/aromatic N) is 1. The van der Waals surface area contributed by atoms with Gasteiger partial charge in [0.1, 0.15) is 5.82 Å². The first-order valence-electron chi connectivity index (χ1n) is 8.76. The van der Waals surface area contributed by atoms with Gasteiger partial charge in [-0.1, -0.05) is 26.0 Å².